The number of hydrogen-bond donors (Lipinski definition) is 1. The quantitative estimate of drug-likeness (QED) is 0.837. The first kappa shape index (κ1) is 13.5. The minimum atomic E-state index is -0.173. The number of ether oxygens (including phenoxy) is 1. The molecule has 1 atom stereocenters. The van der Waals surface area contributed by atoms with Gasteiger partial charge in [-0.05, 0) is 56.8 Å². The van der Waals surface area contributed by atoms with E-state index in [9.17, 15) is 4.39 Å². The van der Waals surface area contributed by atoms with Crippen molar-refractivity contribution in [2.45, 2.75) is 38.3 Å². The van der Waals surface area contributed by atoms with Crippen LogP contribution in [0.25, 0.3) is 0 Å². The van der Waals surface area contributed by atoms with Gasteiger partial charge in [-0.15, -0.1) is 0 Å². The first-order valence-corrected chi connectivity index (χ1v) is 6.77. The van der Waals surface area contributed by atoms with Crippen molar-refractivity contribution in [2.75, 3.05) is 13.7 Å². The van der Waals surface area contributed by atoms with Crippen LogP contribution in [0.3, 0.4) is 0 Å². The third-order valence-electron chi connectivity index (χ3n) is 3.78. The fourth-order valence-corrected chi connectivity index (χ4v) is 2.69. The van der Waals surface area contributed by atoms with E-state index in [1.807, 2.05) is 26.1 Å². The zero-order valence-electron chi connectivity index (χ0n) is 11.2. The van der Waals surface area contributed by atoms with Crippen LogP contribution in [0.1, 0.15) is 37.8 Å². The monoisotopic (exact) mass is 251 g/mol. The van der Waals surface area contributed by atoms with Gasteiger partial charge in [-0.3, -0.25) is 0 Å². The van der Waals surface area contributed by atoms with Crippen LogP contribution in [-0.4, -0.2) is 19.8 Å². The Balaban J connectivity index is 1.85. The van der Waals surface area contributed by atoms with Crippen molar-refractivity contribution in [3.05, 3.63) is 35.6 Å². The first-order valence-electron chi connectivity index (χ1n) is 6.77. The molecule has 0 heterocycles. The van der Waals surface area contributed by atoms with Crippen molar-refractivity contribution < 1.29 is 9.13 Å². The molecule has 1 saturated carbocycles. The van der Waals surface area contributed by atoms with Crippen molar-refractivity contribution >= 4 is 0 Å². The molecule has 0 bridgehead atoms. The summed E-state index contributed by atoms with van der Waals surface area (Å²) in [5.74, 6) is 0.553. The summed E-state index contributed by atoms with van der Waals surface area (Å²) in [5.41, 5.74) is 1.17. The van der Waals surface area contributed by atoms with Crippen LogP contribution in [0.2, 0.25) is 0 Å². The van der Waals surface area contributed by atoms with Gasteiger partial charge in [0, 0.05) is 12.6 Å². The highest BCUT2D eigenvalue weighted by Gasteiger charge is 2.31. The Bertz CT molecular complexity index is 359. The van der Waals surface area contributed by atoms with Crippen molar-refractivity contribution in [2.24, 2.45) is 5.92 Å². The maximum Gasteiger partial charge on any atom is 0.123 e. The van der Waals surface area contributed by atoms with Crippen LogP contribution in [0.4, 0.5) is 4.39 Å². The molecule has 2 nitrogen and oxygen atoms in total. The number of hydrogen-bond acceptors (Lipinski definition) is 2. The third kappa shape index (κ3) is 3.30. The lowest BCUT2D eigenvalue weighted by molar-refractivity contribution is -0.0289. The van der Waals surface area contributed by atoms with E-state index >= 15 is 0 Å². The maximum atomic E-state index is 12.9. The van der Waals surface area contributed by atoms with Crippen LogP contribution >= 0.6 is 0 Å². The molecular formula is C15H22FNO. The van der Waals surface area contributed by atoms with Gasteiger partial charge in [0.2, 0.25) is 0 Å². The largest absolute Gasteiger partial charge is 0.378 e. The normalized spacial score (nSPS) is 24.6. The highest BCUT2D eigenvalue weighted by atomic mass is 19.1. The third-order valence-corrected chi connectivity index (χ3v) is 3.78. The predicted molar refractivity (Wildman–Crippen MR) is 71.0 cm³/mol. The molecule has 1 aromatic rings. The van der Waals surface area contributed by atoms with Crippen molar-refractivity contribution in [1.29, 1.82) is 0 Å². The number of rotatable bonds is 6. The Kier molecular flexibility index (Phi) is 4.72. The van der Waals surface area contributed by atoms with E-state index in [-0.39, 0.29) is 5.82 Å². The van der Waals surface area contributed by atoms with Crippen LogP contribution < -0.4 is 5.32 Å². The van der Waals surface area contributed by atoms with Crippen LogP contribution in [-0.2, 0) is 4.74 Å². The van der Waals surface area contributed by atoms with Crippen molar-refractivity contribution in [3.8, 4) is 0 Å². The first-order chi connectivity index (χ1) is 8.72. The lowest BCUT2D eigenvalue weighted by Crippen LogP contribution is -2.34. The lowest BCUT2D eigenvalue weighted by Gasteiger charge is -2.37. The van der Waals surface area contributed by atoms with Gasteiger partial charge in [0.15, 0.2) is 0 Å². The Hall–Kier alpha value is -0.930. The highest BCUT2D eigenvalue weighted by molar-refractivity contribution is 5.20. The number of halogens is 1. The topological polar surface area (TPSA) is 21.3 Å². The minimum Gasteiger partial charge on any atom is -0.378 e. The Morgan fingerprint density at radius 2 is 2.00 bits per heavy atom. The molecule has 2 rings (SSSR count). The molecule has 1 aliphatic rings. The predicted octanol–water partition coefficient (Wildman–Crippen LogP) is 3.29. The molecule has 0 spiro atoms. The van der Waals surface area contributed by atoms with Crippen LogP contribution in [0, 0.1) is 11.7 Å². The highest BCUT2D eigenvalue weighted by Crippen LogP contribution is 2.36. The molecule has 3 heteroatoms. The summed E-state index contributed by atoms with van der Waals surface area (Å²) >= 11 is 0. The van der Waals surface area contributed by atoms with E-state index in [1.165, 1.54) is 17.7 Å². The zero-order valence-corrected chi connectivity index (χ0v) is 11.2. The molecule has 1 aliphatic carbocycles. The smallest absolute Gasteiger partial charge is 0.123 e. The molecule has 0 radical (unpaired) electrons. The van der Waals surface area contributed by atoms with Gasteiger partial charge in [-0.25, -0.2) is 4.39 Å². The van der Waals surface area contributed by atoms with Crippen LogP contribution in [0.15, 0.2) is 24.3 Å². The minimum absolute atomic E-state index is 0.173. The molecular weight excluding hydrogens is 229 g/mol. The fraction of sp³-hybridized carbons (Fsp3) is 0.600. The summed E-state index contributed by atoms with van der Waals surface area (Å²) in [6.45, 7) is 2.85. The summed E-state index contributed by atoms with van der Waals surface area (Å²) in [6.07, 6.45) is 3.89. The van der Waals surface area contributed by atoms with Gasteiger partial charge >= 0.3 is 0 Å². The number of nitrogens with one attached hydrogen (secondary N) is 1. The molecule has 0 aromatic heterocycles. The number of benzene rings is 1. The molecule has 1 unspecified atom stereocenters. The van der Waals surface area contributed by atoms with E-state index in [4.69, 9.17) is 4.74 Å². The van der Waals surface area contributed by atoms with E-state index < -0.39 is 0 Å². The molecule has 18 heavy (non-hydrogen) atoms. The standard InChI is InChI=1S/C15H22FNO/c1-3-18-14-8-11(9-14)10-15(17-2)12-4-6-13(16)7-5-12/h4-7,11,14-15,17H,3,8-10H2,1-2H3. The van der Waals surface area contributed by atoms with E-state index in [0.29, 0.717) is 12.1 Å². The fourth-order valence-electron chi connectivity index (χ4n) is 2.69. The Labute approximate surface area is 109 Å². The van der Waals surface area contributed by atoms with Gasteiger partial charge < -0.3 is 10.1 Å². The second kappa shape index (κ2) is 6.30. The molecule has 0 saturated heterocycles. The average molecular weight is 251 g/mol. The molecule has 1 N–H and O–H groups in total. The van der Waals surface area contributed by atoms with Gasteiger partial charge in [0.05, 0.1) is 6.10 Å². The second-order valence-electron chi connectivity index (χ2n) is 5.04. The molecule has 0 aliphatic heterocycles. The summed E-state index contributed by atoms with van der Waals surface area (Å²) in [5, 5.41) is 3.32. The summed E-state index contributed by atoms with van der Waals surface area (Å²) in [4.78, 5) is 0. The summed E-state index contributed by atoms with van der Waals surface area (Å²) in [6, 6.07) is 7.12. The lowest BCUT2D eigenvalue weighted by atomic mass is 9.77. The Morgan fingerprint density at radius 1 is 1.33 bits per heavy atom. The van der Waals surface area contributed by atoms with E-state index in [1.54, 1.807) is 0 Å². The van der Waals surface area contributed by atoms with Gasteiger partial charge in [0.25, 0.3) is 0 Å². The second-order valence-corrected chi connectivity index (χ2v) is 5.04. The van der Waals surface area contributed by atoms with E-state index in [2.05, 4.69) is 5.32 Å². The summed E-state index contributed by atoms with van der Waals surface area (Å²) < 4.78 is 18.5. The SMILES string of the molecule is CCOC1CC(CC(NC)c2ccc(F)cc2)C1. The molecule has 1 fully saturated rings. The van der Waals surface area contributed by atoms with Crippen LogP contribution in [0.5, 0.6) is 0 Å². The van der Waals surface area contributed by atoms with Gasteiger partial charge in [-0.1, -0.05) is 12.1 Å². The van der Waals surface area contributed by atoms with Gasteiger partial charge in [-0.2, -0.15) is 0 Å². The average Bonchev–Trinajstić information content (AvgIpc) is 2.33. The maximum absolute atomic E-state index is 12.9. The van der Waals surface area contributed by atoms with Crippen molar-refractivity contribution in [3.63, 3.8) is 0 Å². The van der Waals surface area contributed by atoms with Gasteiger partial charge in [0.1, 0.15) is 5.82 Å². The Morgan fingerprint density at radius 3 is 2.56 bits per heavy atom. The van der Waals surface area contributed by atoms with E-state index in [0.717, 1.165) is 31.8 Å². The molecule has 0 amide bonds. The summed E-state index contributed by atoms with van der Waals surface area (Å²) in [7, 11) is 1.96. The van der Waals surface area contributed by atoms with Crippen molar-refractivity contribution in [1.82, 2.24) is 5.32 Å². The zero-order chi connectivity index (χ0) is 13.0. The molecule has 100 valence electrons. The molecule has 1 aromatic carbocycles.